The number of methoxy groups -OCH3 is 1. The van der Waals surface area contributed by atoms with Gasteiger partial charge in [-0.3, -0.25) is 0 Å². The quantitative estimate of drug-likeness (QED) is 0.634. The highest BCUT2D eigenvalue weighted by atomic mass is 79.9. The Morgan fingerprint density at radius 3 is 2.75 bits per heavy atom. The fourth-order valence-electron chi connectivity index (χ4n) is 1.12. The Balaban J connectivity index is 3.37. The molecule has 7 heteroatoms. The van der Waals surface area contributed by atoms with Crippen molar-refractivity contribution in [1.82, 2.24) is 4.98 Å². The summed E-state index contributed by atoms with van der Waals surface area (Å²) in [5.41, 5.74) is -0.453. The smallest absolute Gasteiger partial charge is 0.358 e. The van der Waals surface area contributed by atoms with Gasteiger partial charge < -0.3 is 4.74 Å². The monoisotopic (exact) mass is 313 g/mol. The lowest BCUT2D eigenvalue weighted by molar-refractivity contribution is 0.0593. The van der Waals surface area contributed by atoms with Crippen molar-refractivity contribution in [2.45, 2.75) is 11.8 Å². The number of carbonyl (C=O) groups excluding carboxylic acids is 1. The molecule has 0 amide bonds. The molecule has 0 fully saturated rings. The Labute approximate surface area is 104 Å². The second-order valence-corrected chi connectivity index (χ2v) is 3.72. The molecule has 16 heavy (non-hydrogen) atoms. The number of hydrogen-bond acceptors (Lipinski definition) is 3. The van der Waals surface area contributed by atoms with Gasteiger partial charge in [0.15, 0.2) is 5.69 Å². The molecule has 0 aliphatic rings. The molecule has 0 unspecified atom stereocenters. The van der Waals surface area contributed by atoms with Gasteiger partial charge in [-0.25, -0.2) is 18.6 Å². The highest BCUT2D eigenvalue weighted by Gasteiger charge is 2.23. The molecule has 0 aliphatic carbocycles. The van der Waals surface area contributed by atoms with Crippen LogP contribution in [0.4, 0.5) is 8.78 Å². The largest absolute Gasteiger partial charge is 0.464 e. The van der Waals surface area contributed by atoms with Crippen LogP contribution in [0, 0.1) is 0 Å². The van der Waals surface area contributed by atoms with Gasteiger partial charge in [0.05, 0.1) is 12.1 Å². The van der Waals surface area contributed by atoms with Crippen LogP contribution in [-0.2, 0) is 10.1 Å². The first-order valence-electron chi connectivity index (χ1n) is 4.12. The molecule has 0 spiro atoms. The molecule has 1 rings (SSSR count). The van der Waals surface area contributed by atoms with E-state index in [4.69, 9.17) is 11.6 Å². The molecular formula is C9H7BrClF2NO2. The summed E-state index contributed by atoms with van der Waals surface area (Å²) in [6.45, 7) is 0. The molecule has 0 atom stereocenters. The zero-order chi connectivity index (χ0) is 12.3. The van der Waals surface area contributed by atoms with Crippen LogP contribution in [0.5, 0.6) is 0 Å². The van der Waals surface area contributed by atoms with Crippen molar-refractivity contribution in [3.05, 3.63) is 28.0 Å². The molecule has 3 nitrogen and oxygen atoms in total. The lowest BCUT2D eigenvalue weighted by Crippen LogP contribution is -2.08. The summed E-state index contributed by atoms with van der Waals surface area (Å²) in [4.78, 5) is 14.9. The first-order chi connectivity index (χ1) is 7.52. The summed E-state index contributed by atoms with van der Waals surface area (Å²) >= 11 is 8.74. The Hall–Kier alpha value is -0.750. The zero-order valence-electron chi connectivity index (χ0n) is 8.14. The van der Waals surface area contributed by atoms with Crippen molar-refractivity contribution in [3.63, 3.8) is 0 Å². The van der Waals surface area contributed by atoms with Crippen molar-refractivity contribution in [2.75, 3.05) is 7.11 Å². The van der Waals surface area contributed by atoms with Crippen molar-refractivity contribution in [3.8, 4) is 0 Å². The lowest BCUT2D eigenvalue weighted by atomic mass is 10.1. The number of ether oxygens (including phenoxy) is 1. The molecule has 1 heterocycles. The number of aromatic nitrogens is 1. The number of nitrogens with zero attached hydrogens (tertiary/aromatic N) is 1. The Bertz CT molecular complexity index is 415. The molecule has 1 aromatic heterocycles. The van der Waals surface area contributed by atoms with Gasteiger partial charge in [0.2, 0.25) is 0 Å². The number of esters is 1. The lowest BCUT2D eigenvalue weighted by Gasteiger charge is -2.10. The van der Waals surface area contributed by atoms with Gasteiger partial charge in [-0.1, -0.05) is 27.5 Å². The third kappa shape index (κ3) is 2.49. The van der Waals surface area contributed by atoms with E-state index in [2.05, 4.69) is 25.7 Å². The van der Waals surface area contributed by atoms with Crippen molar-refractivity contribution in [1.29, 1.82) is 0 Å². The summed E-state index contributed by atoms with van der Waals surface area (Å²) in [6.07, 6.45) is -1.60. The van der Waals surface area contributed by atoms with Gasteiger partial charge in [-0.15, -0.1) is 0 Å². The molecule has 88 valence electrons. The maximum absolute atomic E-state index is 12.7. The highest BCUT2D eigenvalue weighted by molar-refractivity contribution is 9.08. The van der Waals surface area contributed by atoms with E-state index in [1.807, 2.05) is 0 Å². The minimum atomic E-state index is -2.77. The van der Waals surface area contributed by atoms with E-state index in [-0.39, 0.29) is 21.6 Å². The number of pyridine rings is 1. The number of rotatable bonds is 3. The normalized spacial score (nSPS) is 10.6. The number of alkyl halides is 3. The standard InChI is InChI=1S/C9H7BrClF2NO2/c1-16-9(15)7-6(11)5(8(12)13)4(2-10)3-14-7/h3,8H,2H2,1H3. The van der Waals surface area contributed by atoms with Crippen molar-refractivity contribution >= 4 is 33.5 Å². The van der Waals surface area contributed by atoms with Crippen molar-refractivity contribution in [2.24, 2.45) is 0 Å². The zero-order valence-corrected chi connectivity index (χ0v) is 10.5. The molecular weight excluding hydrogens is 307 g/mol. The average molecular weight is 315 g/mol. The topological polar surface area (TPSA) is 39.2 Å². The third-order valence-electron chi connectivity index (χ3n) is 1.88. The number of halogens is 4. The maximum Gasteiger partial charge on any atom is 0.358 e. The Morgan fingerprint density at radius 2 is 2.31 bits per heavy atom. The Kier molecular flexibility index (Phi) is 4.61. The van der Waals surface area contributed by atoms with Crippen LogP contribution < -0.4 is 0 Å². The van der Waals surface area contributed by atoms with Gasteiger partial charge in [0.25, 0.3) is 6.43 Å². The Morgan fingerprint density at radius 1 is 1.69 bits per heavy atom. The fourth-order valence-corrected chi connectivity index (χ4v) is 1.90. The minimum Gasteiger partial charge on any atom is -0.464 e. The van der Waals surface area contributed by atoms with E-state index < -0.39 is 18.0 Å². The predicted molar refractivity (Wildman–Crippen MR) is 58.2 cm³/mol. The molecule has 0 saturated heterocycles. The van der Waals surface area contributed by atoms with E-state index >= 15 is 0 Å². The molecule has 0 radical (unpaired) electrons. The van der Waals surface area contributed by atoms with Crippen LogP contribution in [0.25, 0.3) is 0 Å². The van der Waals surface area contributed by atoms with Crippen LogP contribution in [0.3, 0.4) is 0 Å². The van der Waals surface area contributed by atoms with Gasteiger partial charge in [0, 0.05) is 17.1 Å². The third-order valence-corrected chi connectivity index (χ3v) is 2.87. The molecule has 1 aromatic rings. The van der Waals surface area contributed by atoms with Crippen LogP contribution in [0.1, 0.15) is 28.0 Å². The fraction of sp³-hybridized carbons (Fsp3) is 0.333. The average Bonchev–Trinajstić information content (AvgIpc) is 2.26. The molecule has 0 aromatic carbocycles. The number of hydrogen-bond donors (Lipinski definition) is 0. The summed E-state index contributed by atoms with van der Waals surface area (Å²) in [5, 5.41) is -0.181. The molecule has 0 aliphatic heterocycles. The maximum atomic E-state index is 12.7. The van der Waals surface area contributed by atoms with Gasteiger partial charge >= 0.3 is 5.97 Å². The van der Waals surface area contributed by atoms with Gasteiger partial charge in [-0.05, 0) is 5.56 Å². The second-order valence-electron chi connectivity index (χ2n) is 2.79. The molecule has 0 saturated carbocycles. The molecule has 0 N–H and O–H groups in total. The summed E-state index contributed by atoms with van der Waals surface area (Å²) in [7, 11) is 1.13. The molecule has 0 bridgehead atoms. The van der Waals surface area contributed by atoms with E-state index in [1.165, 1.54) is 6.20 Å². The van der Waals surface area contributed by atoms with Crippen molar-refractivity contribution < 1.29 is 18.3 Å². The van der Waals surface area contributed by atoms with E-state index in [1.54, 1.807) is 0 Å². The van der Waals surface area contributed by atoms with E-state index in [0.29, 0.717) is 0 Å². The summed E-state index contributed by atoms with van der Waals surface area (Å²) in [6, 6.07) is 0. The van der Waals surface area contributed by atoms with E-state index in [9.17, 15) is 13.6 Å². The minimum absolute atomic E-state index is 0.181. The van der Waals surface area contributed by atoms with Crippen LogP contribution in [0.15, 0.2) is 6.20 Å². The van der Waals surface area contributed by atoms with Gasteiger partial charge in [-0.2, -0.15) is 0 Å². The predicted octanol–water partition coefficient (Wildman–Crippen LogP) is 3.35. The van der Waals surface area contributed by atoms with Gasteiger partial charge in [0.1, 0.15) is 0 Å². The van der Waals surface area contributed by atoms with Crippen LogP contribution in [0.2, 0.25) is 5.02 Å². The first-order valence-corrected chi connectivity index (χ1v) is 5.62. The second kappa shape index (κ2) is 5.54. The van der Waals surface area contributed by atoms with E-state index in [0.717, 1.165) is 7.11 Å². The first kappa shape index (κ1) is 13.3. The summed E-state index contributed by atoms with van der Waals surface area (Å²) < 4.78 is 29.9. The van der Waals surface area contributed by atoms with Crippen LogP contribution >= 0.6 is 27.5 Å². The SMILES string of the molecule is COC(=O)c1ncc(CBr)c(C(F)F)c1Cl. The number of carbonyl (C=O) groups is 1. The summed E-state index contributed by atoms with van der Waals surface area (Å²) in [5.74, 6) is -0.840. The highest BCUT2D eigenvalue weighted by Crippen LogP contribution is 2.33. The van der Waals surface area contributed by atoms with Crippen LogP contribution in [-0.4, -0.2) is 18.1 Å².